The summed E-state index contributed by atoms with van der Waals surface area (Å²) in [6.07, 6.45) is 3.90. The van der Waals surface area contributed by atoms with Crippen LogP contribution < -0.4 is 4.74 Å². The van der Waals surface area contributed by atoms with Gasteiger partial charge in [0.1, 0.15) is 18.1 Å². The van der Waals surface area contributed by atoms with Crippen LogP contribution in [0.4, 0.5) is 13.2 Å². The molecule has 0 heterocycles. The lowest BCUT2D eigenvalue weighted by Gasteiger charge is -2.34. The number of carbonyl (C=O) groups is 1. The van der Waals surface area contributed by atoms with Gasteiger partial charge >= 0.3 is 12.1 Å². The Morgan fingerprint density at radius 3 is 2.43 bits per heavy atom. The third-order valence-electron chi connectivity index (χ3n) is 4.33. The molecule has 0 atom stereocenters. The molecule has 1 aliphatic rings. The Labute approximate surface area is 160 Å². The Balaban J connectivity index is 2.30. The van der Waals surface area contributed by atoms with Gasteiger partial charge in [-0.3, -0.25) is 4.55 Å². The second-order valence-corrected chi connectivity index (χ2v) is 8.00. The molecule has 6 nitrogen and oxygen atoms in total. The average molecular weight is 420 g/mol. The molecule has 0 bridgehead atoms. The van der Waals surface area contributed by atoms with E-state index in [1.807, 2.05) is 0 Å². The normalized spacial score (nSPS) is 16.8. The molecule has 0 saturated heterocycles. The molecule has 0 aromatic heterocycles. The third-order valence-corrected chi connectivity index (χ3v) is 5.01. The summed E-state index contributed by atoms with van der Waals surface area (Å²) in [4.78, 5) is 12.0. The highest BCUT2D eigenvalue weighted by atomic mass is 32.2. The second-order valence-electron chi connectivity index (χ2n) is 6.43. The molecule has 1 aliphatic carbocycles. The van der Waals surface area contributed by atoms with Crippen LogP contribution >= 0.6 is 0 Å². The number of ether oxygens (including phenoxy) is 2. The lowest BCUT2D eigenvalue weighted by molar-refractivity contribution is -0.139. The van der Waals surface area contributed by atoms with Gasteiger partial charge in [0.05, 0.1) is 11.1 Å². The van der Waals surface area contributed by atoms with E-state index in [0.29, 0.717) is 31.7 Å². The Morgan fingerprint density at radius 2 is 1.89 bits per heavy atom. The number of rotatable bonds is 6. The molecule has 0 radical (unpaired) electrons. The van der Waals surface area contributed by atoms with Gasteiger partial charge in [-0.15, -0.1) is 6.42 Å². The smallest absolute Gasteiger partial charge is 0.419 e. The van der Waals surface area contributed by atoms with Crippen LogP contribution in [0.15, 0.2) is 18.2 Å². The Morgan fingerprint density at radius 1 is 1.25 bits per heavy atom. The minimum Gasteiger partial charge on any atom is -0.474 e. The monoisotopic (exact) mass is 420 g/mol. The second kappa shape index (κ2) is 8.41. The van der Waals surface area contributed by atoms with Crippen molar-refractivity contribution in [1.29, 1.82) is 0 Å². The quantitative estimate of drug-likeness (QED) is 0.431. The van der Waals surface area contributed by atoms with Crippen molar-refractivity contribution in [2.24, 2.45) is 0 Å². The summed E-state index contributed by atoms with van der Waals surface area (Å²) in [5, 5.41) is 0. The number of benzene rings is 1. The number of halogens is 3. The van der Waals surface area contributed by atoms with E-state index in [0.717, 1.165) is 18.6 Å². The fraction of sp³-hybridized carbons (Fsp3) is 0.500. The molecule has 10 heteroatoms. The van der Waals surface area contributed by atoms with E-state index in [1.165, 1.54) is 0 Å². The van der Waals surface area contributed by atoms with Gasteiger partial charge in [-0.2, -0.15) is 21.6 Å². The molecule has 154 valence electrons. The van der Waals surface area contributed by atoms with Crippen LogP contribution in [0.2, 0.25) is 0 Å². The number of terminal acetylenes is 1. The Hall–Kier alpha value is -2.25. The summed E-state index contributed by atoms with van der Waals surface area (Å²) in [5.41, 5.74) is -2.53. The fourth-order valence-electron chi connectivity index (χ4n) is 2.90. The summed E-state index contributed by atoms with van der Waals surface area (Å²) in [5.74, 6) is -0.0279. The van der Waals surface area contributed by atoms with Gasteiger partial charge in [-0.05, 0) is 43.9 Å². The van der Waals surface area contributed by atoms with Gasteiger partial charge < -0.3 is 9.47 Å². The highest BCUT2D eigenvalue weighted by Gasteiger charge is 2.39. The number of carbonyl (C=O) groups excluding carboxylic acids is 1. The summed E-state index contributed by atoms with van der Waals surface area (Å²) < 4.78 is 80.3. The molecule has 0 spiro atoms. The molecule has 1 aromatic rings. The van der Waals surface area contributed by atoms with Crippen LogP contribution in [0, 0.1) is 12.3 Å². The molecule has 1 N–H and O–H groups in total. The molecule has 1 saturated carbocycles. The zero-order chi connectivity index (χ0) is 21.0. The summed E-state index contributed by atoms with van der Waals surface area (Å²) in [7, 11) is -4.34. The summed E-state index contributed by atoms with van der Waals surface area (Å²) in [6.45, 7) is -0.650. The van der Waals surface area contributed by atoms with E-state index >= 15 is 0 Å². The number of hydrogen-bond acceptors (Lipinski definition) is 5. The maximum atomic E-state index is 13.4. The zero-order valence-electron chi connectivity index (χ0n) is 14.8. The first-order chi connectivity index (χ1) is 13.0. The Kier molecular flexibility index (Phi) is 6.62. The number of hydrogen-bond donors (Lipinski definition) is 1. The van der Waals surface area contributed by atoms with Crippen LogP contribution in [0.1, 0.15) is 48.0 Å². The molecule has 28 heavy (non-hydrogen) atoms. The molecule has 1 fully saturated rings. The van der Waals surface area contributed by atoms with Crippen LogP contribution in [-0.2, 0) is 21.0 Å². The fourth-order valence-corrected chi connectivity index (χ4v) is 3.19. The lowest BCUT2D eigenvalue weighted by Crippen LogP contribution is -2.37. The van der Waals surface area contributed by atoms with E-state index in [-0.39, 0.29) is 5.56 Å². The highest BCUT2D eigenvalue weighted by molar-refractivity contribution is 7.85. The number of esters is 1. The SMILES string of the molecule is C#CC1(Oc2cc(C(=O)OCCS(=O)(=O)O)ccc2C(F)(F)F)CCCCC1. The predicted molar refractivity (Wildman–Crippen MR) is 93.4 cm³/mol. The molecule has 0 unspecified atom stereocenters. The van der Waals surface area contributed by atoms with E-state index in [1.54, 1.807) is 0 Å². The van der Waals surface area contributed by atoms with Gasteiger partial charge in [-0.25, -0.2) is 4.79 Å². The van der Waals surface area contributed by atoms with Crippen LogP contribution in [0.25, 0.3) is 0 Å². The van der Waals surface area contributed by atoms with E-state index < -0.39 is 51.5 Å². The van der Waals surface area contributed by atoms with Crippen molar-refractivity contribution in [3.05, 3.63) is 29.3 Å². The topological polar surface area (TPSA) is 89.9 Å². The molecule has 0 aliphatic heterocycles. The van der Waals surface area contributed by atoms with Gasteiger partial charge in [0.2, 0.25) is 0 Å². The van der Waals surface area contributed by atoms with E-state index in [4.69, 9.17) is 15.7 Å². The maximum absolute atomic E-state index is 13.4. The summed E-state index contributed by atoms with van der Waals surface area (Å²) >= 11 is 0. The first-order valence-electron chi connectivity index (χ1n) is 8.46. The predicted octanol–water partition coefficient (Wildman–Crippen LogP) is 3.46. The molecule has 2 rings (SSSR count). The molecule has 0 amide bonds. The van der Waals surface area contributed by atoms with Gasteiger partial charge in [0, 0.05) is 0 Å². The first-order valence-corrected chi connectivity index (χ1v) is 10.1. The van der Waals surface area contributed by atoms with E-state index in [9.17, 15) is 26.4 Å². The van der Waals surface area contributed by atoms with Crippen molar-refractivity contribution in [3.63, 3.8) is 0 Å². The van der Waals surface area contributed by atoms with Crippen LogP contribution in [0.3, 0.4) is 0 Å². The zero-order valence-corrected chi connectivity index (χ0v) is 15.6. The van der Waals surface area contributed by atoms with Gasteiger partial charge in [0.15, 0.2) is 5.60 Å². The Bertz CT molecular complexity index is 864. The van der Waals surface area contributed by atoms with Crippen molar-refractivity contribution < 1.29 is 40.4 Å². The van der Waals surface area contributed by atoms with Crippen molar-refractivity contribution >= 4 is 16.1 Å². The van der Waals surface area contributed by atoms with Crippen LogP contribution in [-0.4, -0.2) is 36.9 Å². The van der Waals surface area contributed by atoms with Gasteiger partial charge in [0.25, 0.3) is 10.1 Å². The average Bonchev–Trinajstić information content (AvgIpc) is 2.60. The maximum Gasteiger partial charge on any atom is 0.419 e. The lowest BCUT2D eigenvalue weighted by atomic mass is 9.85. The van der Waals surface area contributed by atoms with Gasteiger partial charge in [-0.1, -0.05) is 12.3 Å². The summed E-state index contributed by atoms with van der Waals surface area (Å²) in [6, 6.07) is 2.46. The standard InChI is InChI=1S/C18H19F3O6S/c1-2-17(8-4-3-5-9-17)27-15-12-13(6-7-14(15)18(19,20)21)16(22)26-10-11-28(23,24)25/h1,6-7,12H,3-5,8-11H2,(H,23,24,25). The van der Waals surface area contributed by atoms with Crippen molar-refractivity contribution in [2.45, 2.75) is 43.9 Å². The van der Waals surface area contributed by atoms with Crippen molar-refractivity contribution in [1.82, 2.24) is 0 Å². The van der Waals surface area contributed by atoms with E-state index in [2.05, 4.69) is 10.7 Å². The van der Waals surface area contributed by atoms with Crippen molar-refractivity contribution in [2.75, 3.05) is 12.4 Å². The number of alkyl halides is 3. The molecular formula is C18H19F3O6S. The minimum absolute atomic E-state index is 0.263. The third kappa shape index (κ3) is 5.87. The highest BCUT2D eigenvalue weighted by Crippen LogP contribution is 2.40. The van der Waals surface area contributed by atoms with Crippen molar-refractivity contribution in [3.8, 4) is 18.1 Å². The minimum atomic E-state index is -4.73. The molecule has 1 aromatic carbocycles. The van der Waals surface area contributed by atoms with Crippen LogP contribution in [0.5, 0.6) is 5.75 Å². The largest absolute Gasteiger partial charge is 0.474 e. The molecular weight excluding hydrogens is 401 g/mol. The first kappa shape index (κ1) is 22.0.